The number of carbonyl (C=O) groups is 2. The van der Waals surface area contributed by atoms with E-state index in [1.165, 1.54) is 13.8 Å². The van der Waals surface area contributed by atoms with Crippen LogP contribution in [0.25, 0.3) is 0 Å². The van der Waals surface area contributed by atoms with E-state index in [1.54, 1.807) is 24.9 Å². The molecule has 0 saturated heterocycles. The monoisotopic (exact) mass is 263 g/mol. The zero-order valence-electron chi connectivity index (χ0n) is 11.2. The Kier molecular flexibility index (Phi) is 9.24. The summed E-state index contributed by atoms with van der Waals surface area (Å²) < 4.78 is 5.86. The van der Waals surface area contributed by atoms with Gasteiger partial charge in [0.25, 0.3) is 0 Å². The highest BCUT2D eigenvalue weighted by atomic mass is 16.6. The Hall–Kier alpha value is -2.50. The maximum atomic E-state index is 9.81. The minimum Gasteiger partial charge on any atom is -0.394 e. The van der Waals surface area contributed by atoms with Crippen LogP contribution in [0.3, 0.4) is 0 Å². The van der Waals surface area contributed by atoms with Crippen LogP contribution in [0.5, 0.6) is 0 Å². The Bertz CT molecular complexity index is 417. The van der Waals surface area contributed by atoms with Crippen molar-refractivity contribution in [3.05, 3.63) is 49.3 Å². The van der Waals surface area contributed by atoms with Gasteiger partial charge in [0, 0.05) is 45.7 Å². The van der Waals surface area contributed by atoms with Crippen LogP contribution in [0, 0.1) is 0 Å². The molecule has 19 heavy (non-hydrogen) atoms. The maximum Gasteiger partial charge on any atom is 0.310 e. The Balaban J connectivity index is 0.000000256. The molecule has 102 valence electrons. The zero-order chi connectivity index (χ0) is 14.5. The van der Waals surface area contributed by atoms with Gasteiger partial charge in [-0.25, -0.2) is 4.98 Å². The first-order valence-corrected chi connectivity index (χ1v) is 5.48. The molecule has 0 aliphatic carbocycles. The first kappa shape index (κ1) is 16.5. The van der Waals surface area contributed by atoms with E-state index in [1.807, 2.05) is 36.0 Å². The van der Waals surface area contributed by atoms with Crippen LogP contribution >= 0.6 is 0 Å². The van der Waals surface area contributed by atoms with Crippen molar-refractivity contribution < 1.29 is 14.3 Å². The molecule has 6 heteroatoms. The number of carbonyl (C=O) groups excluding carboxylic acids is 2. The minimum absolute atomic E-state index is 0.562. The average Bonchev–Trinajstić information content (AvgIpc) is 2.82. The van der Waals surface area contributed by atoms with Crippen LogP contribution in [0.2, 0.25) is 0 Å². The molecule has 6 nitrogen and oxygen atoms in total. The van der Waals surface area contributed by atoms with Gasteiger partial charge in [-0.1, -0.05) is 6.07 Å². The quantitative estimate of drug-likeness (QED) is 0.533. The second-order valence-electron chi connectivity index (χ2n) is 3.34. The number of aryl methyl sites for hydroxylation is 1. The number of rotatable bonds is 0. The largest absolute Gasteiger partial charge is 0.394 e. The summed E-state index contributed by atoms with van der Waals surface area (Å²) in [7, 11) is 1.94. The Labute approximate surface area is 112 Å². The predicted molar refractivity (Wildman–Crippen MR) is 69.9 cm³/mol. The lowest BCUT2D eigenvalue weighted by molar-refractivity contribution is -0.156. The molecule has 0 amide bonds. The van der Waals surface area contributed by atoms with E-state index in [0.717, 1.165) is 0 Å². The molecule has 0 spiro atoms. The van der Waals surface area contributed by atoms with Gasteiger partial charge in [-0.05, 0) is 12.1 Å². The van der Waals surface area contributed by atoms with Crippen molar-refractivity contribution in [1.29, 1.82) is 0 Å². The Morgan fingerprint density at radius 3 is 1.63 bits per heavy atom. The molecule has 0 aliphatic rings. The summed E-state index contributed by atoms with van der Waals surface area (Å²) >= 11 is 0. The number of hydrogen-bond donors (Lipinski definition) is 0. The molecule has 0 fully saturated rings. The molecular formula is C13H17N3O3. The molecule has 2 rings (SSSR count). The van der Waals surface area contributed by atoms with E-state index in [2.05, 4.69) is 14.7 Å². The molecule has 0 bridgehead atoms. The predicted octanol–water partition coefficient (Wildman–Crippen LogP) is 1.60. The number of ether oxygens (including phenoxy) is 1. The molecule has 2 aromatic heterocycles. The van der Waals surface area contributed by atoms with E-state index >= 15 is 0 Å². The third-order valence-electron chi connectivity index (χ3n) is 1.49. The van der Waals surface area contributed by atoms with Crippen LogP contribution in [-0.2, 0) is 21.4 Å². The number of imidazole rings is 1. The zero-order valence-corrected chi connectivity index (χ0v) is 11.2. The summed E-state index contributed by atoms with van der Waals surface area (Å²) in [5.41, 5.74) is 0. The molecule has 0 aromatic carbocycles. The maximum absolute atomic E-state index is 9.81. The van der Waals surface area contributed by atoms with Crippen LogP contribution in [-0.4, -0.2) is 26.5 Å². The van der Waals surface area contributed by atoms with Crippen molar-refractivity contribution in [3.8, 4) is 0 Å². The lowest BCUT2D eigenvalue weighted by Gasteiger charge is -1.87. The number of hydrogen-bond acceptors (Lipinski definition) is 5. The molecule has 0 N–H and O–H groups in total. The second kappa shape index (κ2) is 10.6. The van der Waals surface area contributed by atoms with Crippen molar-refractivity contribution >= 4 is 11.9 Å². The van der Waals surface area contributed by atoms with Crippen LogP contribution in [0.1, 0.15) is 13.8 Å². The van der Waals surface area contributed by atoms with Gasteiger partial charge in [-0.3, -0.25) is 14.6 Å². The number of aromatic nitrogens is 3. The summed E-state index contributed by atoms with van der Waals surface area (Å²) in [5, 5.41) is 0. The van der Waals surface area contributed by atoms with Crippen molar-refractivity contribution in [3.63, 3.8) is 0 Å². The van der Waals surface area contributed by atoms with Crippen molar-refractivity contribution in [2.45, 2.75) is 13.8 Å². The Morgan fingerprint density at radius 2 is 1.53 bits per heavy atom. The van der Waals surface area contributed by atoms with Gasteiger partial charge in [0.2, 0.25) is 0 Å². The van der Waals surface area contributed by atoms with Gasteiger partial charge in [0.05, 0.1) is 6.33 Å². The highest BCUT2D eigenvalue weighted by molar-refractivity contribution is 5.82. The van der Waals surface area contributed by atoms with Crippen molar-refractivity contribution in [2.75, 3.05) is 0 Å². The summed E-state index contributed by atoms with van der Waals surface area (Å²) in [4.78, 5) is 27.2. The third kappa shape index (κ3) is 13.4. The fourth-order valence-electron chi connectivity index (χ4n) is 0.841. The normalized spacial score (nSPS) is 8.16. The average molecular weight is 263 g/mol. The van der Waals surface area contributed by atoms with E-state index < -0.39 is 11.9 Å². The third-order valence-corrected chi connectivity index (χ3v) is 1.49. The van der Waals surface area contributed by atoms with Crippen molar-refractivity contribution in [1.82, 2.24) is 14.5 Å². The standard InChI is InChI=1S/C5H5N.C4H6N2.C4H6O3/c1-2-4-6-5-3-1;1-6-3-2-5-4-6;1-3(5)7-4(2)6/h1-5H;2-4H,1H3;1-2H3. The van der Waals surface area contributed by atoms with Crippen molar-refractivity contribution in [2.24, 2.45) is 7.05 Å². The molecule has 0 unspecified atom stereocenters. The van der Waals surface area contributed by atoms with Gasteiger partial charge in [-0.15, -0.1) is 0 Å². The molecule has 0 radical (unpaired) electrons. The molecule has 2 heterocycles. The summed E-state index contributed by atoms with van der Waals surface area (Å²) in [6, 6.07) is 5.72. The summed E-state index contributed by atoms with van der Waals surface area (Å²) in [5.74, 6) is -1.12. The van der Waals surface area contributed by atoms with E-state index in [4.69, 9.17) is 0 Å². The highest BCUT2D eigenvalue weighted by Gasteiger charge is 1.93. The molecular weight excluding hydrogens is 246 g/mol. The lowest BCUT2D eigenvalue weighted by Crippen LogP contribution is -2.03. The first-order chi connectivity index (χ1) is 9.02. The smallest absolute Gasteiger partial charge is 0.310 e. The number of esters is 2. The van der Waals surface area contributed by atoms with E-state index in [-0.39, 0.29) is 0 Å². The first-order valence-electron chi connectivity index (χ1n) is 5.48. The number of nitrogens with zero attached hydrogens (tertiary/aromatic N) is 3. The van der Waals surface area contributed by atoms with E-state index in [9.17, 15) is 9.59 Å². The van der Waals surface area contributed by atoms with Crippen LogP contribution < -0.4 is 0 Å². The fourth-order valence-corrected chi connectivity index (χ4v) is 0.841. The summed E-state index contributed by atoms with van der Waals surface area (Å²) in [6.45, 7) is 2.36. The fraction of sp³-hybridized carbons (Fsp3) is 0.231. The molecule has 2 aromatic rings. The number of pyridine rings is 1. The van der Waals surface area contributed by atoms with Gasteiger partial charge < -0.3 is 9.30 Å². The van der Waals surface area contributed by atoms with Gasteiger partial charge in [-0.2, -0.15) is 0 Å². The topological polar surface area (TPSA) is 74.1 Å². The second-order valence-corrected chi connectivity index (χ2v) is 3.34. The van der Waals surface area contributed by atoms with Crippen LogP contribution in [0.15, 0.2) is 49.3 Å². The SMILES string of the molecule is CC(=O)OC(C)=O.Cn1ccnc1.c1ccncc1. The summed E-state index contributed by atoms with van der Waals surface area (Å²) in [6.07, 6.45) is 8.89. The minimum atomic E-state index is -0.562. The Morgan fingerprint density at radius 1 is 0.947 bits per heavy atom. The van der Waals surface area contributed by atoms with Gasteiger partial charge in [0.1, 0.15) is 0 Å². The molecule has 0 aliphatic heterocycles. The lowest BCUT2D eigenvalue weighted by atomic mass is 10.5. The molecule has 0 atom stereocenters. The van der Waals surface area contributed by atoms with Crippen LogP contribution in [0.4, 0.5) is 0 Å². The molecule has 0 saturated carbocycles. The highest BCUT2D eigenvalue weighted by Crippen LogP contribution is 1.74. The van der Waals surface area contributed by atoms with Gasteiger partial charge in [0.15, 0.2) is 0 Å². The van der Waals surface area contributed by atoms with E-state index in [0.29, 0.717) is 0 Å². The van der Waals surface area contributed by atoms with Gasteiger partial charge >= 0.3 is 11.9 Å².